The Hall–Kier alpha value is -2.48. The molecule has 5 aliphatic carbocycles. The van der Waals surface area contributed by atoms with Crippen LogP contribution in [-0.4, -0.2) is 326 Å². The summed E-state index contributed by atoms with van der Waals surface area (Å²) in [7, 11) is 0. The van der Waals surface area contributed by atoms with Gasteiger partial charge in [0.15, 0.2) is 37.6 Å². The zero-order valence-electron chi connectivity index (χ0n) is 55.3. The summed E-state index contributed by atoms with van der Waals surface area (Å²) in [6.45, 7) is 8.72. The molecule has 556 valence electrons. The molecule has 33 heteroatoms. The van der Waals surface area contributed by atoms with Crippen LogP contribution in [-0.2, 0) is 66.4 Å². The van der Waals surface area contributed by atoms with Gasteiger partial charge >= 0.3 is 11.9 Å². The summed E-state index contributed by atoms with van der Waals surface area (Å²) in [6.07, 6.45) is -42.1. The van der Waals surface area contributed by atoms with E-state index < -0.39 is 262 Å². The molecule has 0 unspecified atom stereocenters. The Labute approximate surface area is 559 Å². The monoisotopic (exact) mass is 1400 g/mol. The van der Waals surface area contributed by atoms with E-state index in [4.69, 9.17) is 56.8 Å². The van der Waals surface area contributed by atoms with E-state index >= 15 is 4.79 Å². The number of fused-ring (bicyclic) bond motifs is 7. The minimum Gasteiger partial charge on any atom is -0.481 e. The van der Waals surface area contributed by atoms with Crippen LogP contribution in [0.3, 0.4) is 0 Å². The smallest absolute Gasteiger partial charge is 0.315 e. The number of aliphatic carboxylic acids is 1. The first-order valence-electron chi connectivity index (χ1n) is 33.8. The average Bonchev–Trinajstić information content (AvgIpc) is 0.893. The summed E-state index contributed by atoms with van der Waals surface area (Å²) >= 11 is 0. The van der Waals surface area contributed by atoms with Crippen molar-refractivity contribution in [2.45, 2.75) is 284 Å². The quantitative estimate of drug-likeness (QED) is 0.0366. The number of ether oxygens (including phenoxy) is 12. The van der Waals surface area contributed by atoms with Gasteiger partial charge in [-0.1, -0.05) is 39.3 Å². The molecule has 97 heavy (non-hydrogen) atoms. The summed E-state index contributed by atoms with van der Waals surface area (Å²) < 4.78 is 70.0. The van der Waals surface area contributed by atoms with Crippen molar-refractivity contribution in [2.75, 3.05) is 39.6 Å². The first-order chi connectivity index (χ1) is 45.4. The minimum absolute atomic E-state index is 0.0194. The Morgan fingerprint density at radius 2 is 1.14 bits per heavy atom. The molecule has 33 nitrogen and oxygen atoms in total. The molecule has 10 fully saturated rings. The molecular formula is C64H102O33. The molecular weight excluding hydrogens is 1300 g/mol. The molecule has 0 aromatic heterocycles. The predicted molar refractivity (Wildman–Crippen MR) is 318 cm³/mol. The van der Waals surface area contributed by atoms with E-state index in [1.54, 1.807) is 0 Å². The van der Waals surface area contributed by atoms with Crippen LogP contribution < -0.4 is 0 Å². The molecule has 11 rings (SSSR count). The lowest BCUT2D eigenvalue weighted by Crippen LogP contribution is -2.71. The van der Waals surface area contributed by atoms with Gasteiger partial charge in [-0.15, -0.1) is 0 Å². The second kappa shape index (κ2) is 27.9. The highest BCUT2D eigenvalue weighted by molar-refractivity contribution is 5.79. The lowest BCUT2D eigenvalue weighted by atomic mass is 9.33. The van der Waals surface area contributed by atoms with Gasteiger partial charge in [0, 0.05) is 5.41 Å². The van der Waals surface area contributed by atoms with Crippen molar-refractivity contribution >= 4 is 11.9 Å². The van der Waals surface area contributed by atoms with Gasteiger partial charge in [-0.3, -0.25) is 9.59 Å². The highest BCUT2D eigenvalue weighted by atomic mass is 16.8. The van der Waals surface area contributed by atoms with Gasteiger partial charge in [-0.2, -0.15) is 0 Å². The van der Waals surface area contributed by atoms with E-state index in [2.05, 4.69) is 26.8 Å². The lowest BCUT2D eigenvalue weighted by molar-refractivity contribution is -0.375. The number of esters is 1. The molecule has 0 spiro atoms. The van der Waals surface area contributed by atoms with E-state index in [-0.39, 0.29) is 43.6 Å². The SMILES string of the molecule is C[C@@H]1O[C@@H](OC(=O)[C@]23CCC(C)(C)C[C@H]2C2=CC[C@@H]4[C@@]5(C)C[C@H](O)[C@H](O[C@@H]6O[C@H](CO)[C@@H](O)[C@H](O)[C@H]6O)[C@@](C)(C(=O)O)[C@@H]5CC[C@@]4(C)[C@]2(CO)CC3)[C@H](O[C@@H]2O[C@@H](C)[C@H](O[C@@H]3OC[C@@H](O[C@@H]4OC[C@](O)(CO[C@@H]5O[C@H](CO)[C@H](O)[C@H](O)[C@H]5O)[C@H]4O)[C@H](O)[C@H]3O)[C@@H](O)[C@H]2O)[C@H](O)[C@H]1O. The number of aliphatic hydroxyl groups is 18. The molecule has 6 saturated heterocycles. The maximum absolute atomic E-state index is 15.6. The molecule has 11 aliphatic rings. The van der Waals surface area contributed by atoms with E-state index in [1.165, 1.54) is 20.8 Å². The Morgan fingerprint density at radius 1 is 0.567 bits per heavy atom. The van der Waals surface area contributed by atoms with Crippen LogP contribution in [0.1, 0.15) is 106 Å². The molecule has 4 saturated carbocycles. The van der Waals surface area contributed by atoms with Crippen molar-refractivity contribution in [3.8, 4) is 0 Å². The van der Waals surface area contributed by atoms with Crippen LogP contribution in [0.25, 0.3) is 0 Å². The molecule has 6 aliphatic heterocycles. The Balaban J connectivity index is 0.756. The summed E-state index contributed by atoms with van der Waals surface area (Å²) in [5.74, 6) is -3.60. The molecule has 0 aromatic carbocycles. The molecule has 0 bridgehead atoms. The summed E-state index contributed by atoms with van der Waals surface area (Å²) in [5, 5.41) is 209. The molecule has 19 N–H and O–H groups in total. The maximum Gasteiger partial charge on any atom is 0.315 e. The standard InChI is InChI=1S/C64H102O33/c1-24-34(69)40(75)47(95-52-45(80)41(76)46(25(2)90-52)94-50-42(77)37(72)31(20-86-50)93-55-48(81)64(85,23-88-55)22-87-51-43(78)38(73)35(70)29(18-65)91-51)54(89-24)97-57(84)62-13-12-58(3,4)16-27(62)26-8-9-32-59(5)17-28(68)49(96-53-44(79)39(74)36(71)30(19-66)92-53)61(7,56(82)83)33(59)10-11-60(32,6)63(26,21-67)15-14-62/h8,24-25,27-55,65-81,85H,9-23H2,1-7H3,(H,82,83)/t24-,25-,27-,28-,29+,30+,31+,32+,33+,34-,35-,36+,37-,38-,39-,40+,41-,42+,43+,44+,45+,46-,47+,48-,49-,50-,51+,52-,53-,54-,55-,59+,60+,61-,62-,63-,64+/m0/s1. The molecule has 0 aromatic rings. The van der Waals surface area contributed by atoms with Crippen LogP contribution in [0.15, 0.2) is 11.6 Å². The van der Waals surface area contributed by atoms with Crippen molar-refractivity contribution in [2.24, 2.45) is 50.2 Å². The number of carbonyl (C=O) groups is 2. The first-order valence-corrected chi connectivity index (χ1v) is 33.8. The number of aliphatic hydroxyl groups excluding tert-OH is 17. The second-order valence-electron chi connectivity index (χ2n) is 31.0. The van der Waals surface area contributed by atoms with Crippen LogP contribution in [0.2, 0.25) is 0 Å². The Morgan fingerprint density at radius 3 is 1.78 bits per heavy atom. The van der Waals surface area contributed by atoms with Crippen molar-refractivity contribution in [1.82, 2.24) is 0 Å². The third kappa shape index (κ3) is 12.6. The normalized spacial score (nSPS) is 54.5. The van der Waals surface area contributed by atoms with E-state index in [0.29, 0.717) is 32.1 Å². The highest BCUT2D eigenvalue weighted by Crippen LogP contribution is 2.76. The Bertz CT molecular complexity index is 2800. The van der Waals surface area contributed by atoms with Crippen LogP contribution in [0, 0.1) is 50.2 Å². The number of hydrogen-bond donors (Lipinski definition) is 19. The van der Waals surface area contributed by atoms with Gasteiger partial charge in [0.25, 0.3) is 0 Å². The fraction of sp³-hybridized carbons (Fsp3) is 0.938. The van der Waals surface area contributed by atoms with Crippen LogP contribution >= 0.6 is 0 Å². The zero-order valence-corrected chi connectivity index (χ0v) is 55.3. The predicted octanol–water partition coefficient (Wildman–Crippen LogP) is -6.04. The van der Waals surface area contributed by atoms with Gasteiger partial charge in [0.05, 0.1) is 68.8 Å². The largest absolute Gasteiger partial charge is 0.481 e. The number of carboxylic acids is 1. The molecule has 6 heterocycles. The van der Waals surface area contributed by atoms with Gasteiger partial charge < -0.3 is 154 Å². The zero-order chi connectivity index (χ0) is 70.9. The number of carbonyl (C=O) groups excluding carboxylic acids is 1. The van der Waals surface area contributed by atoms with Crippen molar-refractivity contribution in [1.29, 1.82) is 0 Å². The van der Waals surface area contributed by atoms with Gasteiger partial charge in [-0.05, 0) is 113 Å². The molecule has 37 atom stereocenters. The summed E-state index contributed by atoms with van der Waals surface area (Å²) in [4.78, 5) is 29.4. The maximum atomic E-state index is 15.6. The van der Waals surface area contributed by atoms with Gasteiger partial charge in [-0.25, -0.2) is 0 Å². The second-order valence-corrected chi connectivity index (χ2v) is 31.0. The summed E-state index contributed by atoms with van der Waals surface area (Å²) in [5.41, 5.74) is -7.53. The number of allylic oxidation sites excluding steroid dienone is 1. The van der Waals surface area contributed by atoms with Crippen molar-refractivity contribution in [3.63, 3.8) is 0 Å². The molecule has 0 amide bonds. The molecule has 0 radical (unpaired) electrons. The Kier molecular flexibility index (Phi) is 21.7. The fourth-order valence-electron chi connectivity index (χ4n) is 19.0. The van der Waals surface area contributed by atoms with E-state index in [1.807, 2.05) is 6.92 Å². The average molecular weight is 1400 g/mol. The summed E-state index contributed by atoms with van der Waals surface area (Å²) in [6, 6.07) is 0. The number of rotatable bonds is 17. The van der Waals surface area contributed by atoms with E-state index in [0.717, 1.165) is 5.57 Å². The van der Waals surface area contributed by atoms with Gasteiger partial charge in [0.2, 0.25) is 6.29 Å². The third-order valence-electron chi connectivity index (χ3n) is 24.9. The lowest BCUT2D eigenvalue weighted by Gasteiger charge is -2.71. The third-order valence-corrected chi connectivity index (χ3v) is 24.9. The minimum atomic E-state index is -2.24. The first kappa shape index (κ1) is 75.7. The number of hydrogen-bond acceptors (Lipinski definition) is 32. The highest BCUT2D eigenvalue weighted by Gasteiger charge is 2.74. The van der Waals surface area contributed by atoms with Crippen LogP contribution in [0.4, 0.5) is 0 Å². The van der Waals surface area contributed by atoms with Crippen molar-refractivity contribution in [3.05, 3.63) is 11.6 Å². The topological polar surface area (TPSA) is 529 Å². The number of carboxylic acid groups (broad SMARTS) is 1. The van der Waals surface area contributed by atoms with E-state index in [9.17, 15) is 102 Å². The van der Waals surface area contributed by atoms with Crippen molar-refractivity contribution < 1.29 is 163 Å². The van der Waals surface area contributed by atoms with Crippen LogP contribution in [0.5, 0.6) is 0 Å². The van der Waals surface area contributed by atoms with Gasteiger partial charge in [0.1, 0.15) is 115 Å². The fourth-order valence-corrected chi connectivity index (χ4v) is 19.0.